The molecule has 1 fully saturated rings. The molecule has 4 rings (SSSR count). The molecule has 3 heterocycles. The highest BCUT2D eigenvalue weighted by molar-refractivity contribution is 5.93. The van der Waals surface area contributed by atoms with Gasteiger partial charge in [0.05, 0.1) is 12.5 Å². The van der Waals surface area contributed by atoms with E-state index < -0.39 is 0 Å². The molecule has 8 heteroatoms. The molecule has 0 aliphatic carbocycles. The quantitative estimate of drug-likeness (QED) is 0.719. The Morgan fingerprint density at radius 3 is 2.62 bits per heavy atom. The second-order valence-electron chi connectivity index (χ2n) is 7.52. The lowest BCUT2D eigenvalue weighted by atomic mass is 9.97. The number of aryl methyl sites for hydroxylation is 2. The van der Waals surface area contributed by atoms with E-state index in [9.17, 15) is 4.79 Å². The zero-order valence-electron chi connectivity index (χ0n) is 16.7. The Morgan fingerprint density at radius 2 is 1.93 bits per heavy atom. The number of rotatable bonds is 5. The Hall–Kier alpha value is -3.29. The predicted molar refractivity (Wildman–Crippen MR) is 111 cm³/mol. The van der Waals surface area contributed by atoms with Crippen LogP contribution in [-0.2, 0) is 11.3 Å². The fraction of sp³-hybridized carbons (Fsp3) is 0.381. The van der Waals surface area contributed by atoms with Gasteiger partial charge in [-0.15, -0.1) is 0 Å². The van der Waals surface area contributed by atoms with Crippen molar-refractivity contribution in [2.75, 3.05) is 23.3 Å². The van der Waals surface area contributed by atoms with Gasteiger partial charge < -0.3 is 10.2 Å². The molecule has 1 atom stereocenters. The monoisotopic (exact) mass is 391 g/mol. The van der Waals surface area contributed by atoms with Crippen LogP contribution < -0.4 is 10.2 Å². The van der Waals surface area contributed by atoms with Gasteiger partial charge >= 0.3 is 0 Å². The minimum absolute atomic E-state index is 0.0445. The third kappa shape index (κ3) is 4.77. The van der Waals surface area contributed by atoms with E-state index >= 15 is 0 Å². The fourth-order valence-corrected chi connectivity index (χ4v) is 3.66. The molecule has 3 aromatic rings. The number of nitrogens with one attached hydrogen (secondary N) is 1. The number of amides is 1. The number of hydrogen-bond acceptors (Lipinski definition) is 6. The Kier molecular flexibility index (Phi) is 5.50. The van der Waals surface area contributed by atoms with Gasteiger partial charge in [-0.2, -0.15) is 5.10 Å². The van der Waals surface area contributed by atoms with Crippen molar-refractivity contribution in [1.29, 1.82) is 0 Å². The maximum atomic E-state index is 12.8. The summed E-state index contributed by atoms with van der Waals surface area (Å²) in [6.07, 6.45) is 5.03. The summed E-state index contributed by atoms with van der Waals surface area (Å²) < 4.78 is 1.76. The average molecular weight is 391 g/mol. The topological polar surface area (TPSA) is 88.8 Å². The number of carbonyl (C=O) groups excluding carboxylic acids is 1. The zero-order chi connectivity index (χ0) is 20.2. The molecule has 0 saturated carbocycles. The standard InChI is InChI=1S/C21H25N7O/c1-15-10-16(2)25-21(24-15)27-9-3-4-18(12-27)20(29)26-19-7-5-17(6-8-19)11-28-14-22-13-23-28/h5-8,10,13-14,18H,3-4,9,11-12H2,1-2H3,(H,26,29)/t18-/m1/s1. The van der Waals surface area contributed by atoms with Crippen molar-refractivity contribution >= 4 is 17.5 Å². The number of anilines is 2. The van der Waals surface area contributed by atoms with E-state index in [4.69, 9.17) is 0 Å². The molecule has 1 aliphatic rings. The molecule has 1 aromatic carbocycles. The van der Waals surface area contributed by atoms with Crippen LogP contribution in [0.5, 0.6) is 0 Å². The van der Waals surface area contributed by atoms with Gasteiger partial charge in [0.25, 0.3) is 0 Å². The van der Waals surface area contributed by atoms with E-state index in [1.165, 1.54) is 6.33 Å². The van der Waals surface area contributed by atoms with Crippen LogP contribution in [0.25, 0.3) is 0 Å². The summed E-state index contributed by atoms with van der Waals surface area (Å²) in [5, 5.41) is 7.16. The van der Waals surface area contributed by atoms with E-state index in [2.05, 4.69) is 30.3 Å². The zero-order valence-corrected chi connectivity index (χ0v) is 16.7. The van der Waals surface area contributed by atoms with Crippen molar-refractivity contribution in [2.24, 2.45) is 5.92 Å². The third-order valence-electron chi connectivity index (χ3n) is 5.08. The Labute approximate surface area is 170 Å². The SMILES string of the molecule is Cc1cc(C)nc(N2CCC[C@@H](C(=O)Nc3ccc(Cn4cncn4)cc3)C2)n1. The van der Waals surface area contributed by atoms with Crippen molar-refractivity contribution < 1.29 is 4.79 Å². The predicted octanol–water partition coefficient (Wildman–Crippen LogP) is 2.59. The first-order valence-corrected chi connectivity index (χ1v) is 9.86. The summed E-state index contributed by atoms with van der Waals surface area (Å²) in [6.45, 7) is 6.11. The third-order valence-corrected chi connectivity index (χ3v) is 5.08. The Balaban J connectivity index is 1.37. The van der Waals surface area contributed by atoms with Crippen LogP contribution in [0.1, 0.15) is 29.8 Å². The van der Waals surface area contributed by atoms with Crippen LogP contribution in [0, 0.1) is 19.8 Å². The normalized spacial score (nSPS) is 16.6. The summed E-state index contributed by atoms with van der Waals surface area (Å²) in [5.41, 5.74) is 3.80. The van der Waals surface area contributed by atoms with Crippen molar-refractivity contribution in [3.8, 4) is 0 Å². The van der Waals surface area contributed by atoms with E-state index in [1.807, 2.05) is 44.2 Å². The first kappa shape index (κ1) is 19.0. The molecule has 1 saturated heterocycles. The van der Waals surface area contributed by atoms with Crippen molar-refractivity contribution in [3.05, 3.63) is 59.9 Å². The molecule has 1 amide bonds. The second kappa shape index (κ2) is 8.38. The number of carbonyl (C=O) groups is 1. The Morgan fingerprint density at radius 1 is 1.17 bits per heavy atom. The highest BCUT2D eigenvalue weighted by atomic mass is 16.1. The molecule has 8 nitrogen and oxygen atoms in total. The lowest BCUT2D eigenvalue weighted by molar-refractivity contribution is -0.120. The average Bonchev–Trinajstić information content (AvgIpc) is 3.22. The van der Waals surface area contributed by atoms with Gasteiger partial charge in [-0.3, -0.25) is 4.79 Å². The van der Waals surface area contributed by atoms with Crippen molar-refractivity contribution in [1.82, 2.24) is 24.7 Å². The van der Waals surface area contributed by atoms with Gasteiger partial charge in [0, 0.05) is 30.2 Å². The van der Waals surface area contributed by atoms with Gasteiger partial charge in [0.1, 0.15) is 12.7 Å². The summed E-state index contributed by atoms with van der Waals surface area (Å²) in [4.78, 5) is 28.0. The summed E-state index contributed by atoms with van der Waals surface area (Å²) in [6, 6.07) is 9.81. The smallest absolute Gasteiger partial charge is 0.229 e. The summed E-state index contributed by atoms with van der Waals surface area (Å²) in [7, 11) is 0. The first-order valence-electron chi connectivity index (χ1n) is 9.86. The van der Waals surface area contributed by atoms with Gasteiger partial charge in [0.2, 0.25) is 11.9 Å². The van der Waals surface area contributed by atoms with Gasteiger partial charge in [0.15, 0.2) is 0 Å². The van der Waals surface area contributed by atoms with Crippen LogP contribution in [0.2, 0.25) is 0 Å². The van der Waals surface area contributed by atoms with Crippen molar-refractivity contribution in [2.45, 2.75) is 33.2 Å². The fourth-order valence-electron chi connectivity index (χ4n) is 3.66. The highest BCUT2D eigenvalue weighted by Gasteiger charge is 2.27. The van der Waals surface area contributed by atoms with Crippen molar-refractivity contribution in [3.63, 3.8) is 0 Å². The maximum absolute atomic E-state index is 12.8. The number of benzene rings is 1. The van der Waals surface area contributed by atoms with Crippen LogP contribution >= 0.6 is 0 Å². The number of hydrogen-bond donors (Lipinski definition) is 1. The maximum Gasteiger partial charge on any atom is 0.229 e. The molecule has 1 N–H and O–H groups in total. The molecule has 0 bridgehead atoms. The highest BCUT2D eigenvalue weighted by Crippen LogP contribution is 2.22. The number of piperidine rings is 1. The van der Waals surface area contributed by atoms with Crippen LogP contribution in [0.4, 0.5) is 11.6 Å². The minimum Gasteiger partial charge on any atom is -0.340 e. The molecule has 0 radical (unpaired) electrons. The lowest BCUT2D eigenvalue weighted by Crippen LogP contribution is -2.41. The summed E-state index contributed by atoms with van der Waals surface area (Å²) in [5.74, 6) is 0.684. The molecule has 0 unspecified atom stereocenters. The summed E-state index contributed by atoms with van der Waals surface area (Å²) >= 11 is 0. The largest absolute Gasteiger partial charge is 0.340 e. The van der Waals surface area contributed by atoms with Crippen LogP contribution in [-0.4, -0.2) is 43.7 Å². The lowest BCUT2D eigenvalue weighted by Gasteiger charge is -2.32. The molecule has 2 aromatic heterocycles. The van der Waals surface area contributed by atoms with E-state index in [1.54, 1.807) is 11.0 Å². The van der Waals surface area contributed by atoms with E-state index in [0.29, 0.717) is 13.1 Å². The molecular weight excluding hydrogens is 366 g/mol. The van der Waals surface area contributed by atoms with E-state index in [-0.39, 0.29) is 11.8 Å². The Bertz CT molecular complexity index is 949. The molecule has 29 heavy (non-hydrogen) atoms. The minimum atomic E-state index is -0.0806. The number of nitrogens with zero attached hydrogens (tertiary/aromatic N) is 6. The molecule has 0 spiro atoms. The molecule has 150 valence electrons. The second-order valence-corrected chi connectivity index (χ2v) is 7.52. The molecular formula is C21H25N7O. The number of aromatic nitrogens is 5. The first-order chi connectivity index (χ1) is 14.1. The molecule has 1 aliphatic heterocycles. The van der Waals surface area contributed by atoms with Gasteiger partial charge in [-0.1, -0.05) is 12.1 Å². The van der Waals surface area contributed by atoms with Gasteiger partial charge in [-0.25, -0.2) is 19.6 Å². The van der Waals surface area contributed by atoms with Gasteiger partial charge in [-0.05, 0) is 50.5 Å². The van der Waals surface area contributed by atoms with E-state index in [0.717, 1.165) is 48.0 Å². The van der Waals surface area contributed by atoms with Crippen LogP contribution in [0.3, 0.4) is 0 Å². The van der Waals surface area contributed by atoms with Crippen LogP contribution in [0.15, 0.2) is 43.0 Å².